The molecule has 243 valence electrons. The summed E-state index contributed by atoms with van der Waals surface area (Å²) in [5.41, 5.74) is 8.32. The maximum Gasteiger partial charge on any atom is 0.303 e. The van der Waals surface area contributed by atoms with E-state index < -0.39 is 24.1 Å². The third-order valence-electron chi connectivity index (χ3n) is 8.49. The summed E-state index contributed by atoms with van der Waals surface area (Å²) in [5.74, 6) is -1.86. The molecule has 5 heterocycles. The van der Waals surface area contributed by atoms with Gasteiger partial charge in [-0.3, -0.25) is 9.59 Å². The summed E-state index contributed by atoms with van der Waals surface area (Å²) in [5, 5.41) is 42.7. The van der Waals surface area contributed by atoms with Gasteiger partial charge in [0.05, 0.1) is 12.2 Å². The van der Waals surface area contributed by atoms with E-state index in [9.17, 15) is 30.0 Å². The van der Waals surface area contributed by atoms with E-state index in [-0.39, 0.29) is 42.8 Å². The Morgan fingerprint density at radius 3 is 1.64 bits per heavy atom. The predicted molar refractivity (Wildman–Crippen MR) is 164 cm³/mol. The van der Waals surface area contributed by atoms with E-state index in [1.54, 1.807) is 26.0 Å². The van der Waals surface area contributed by atoms with E-state index in [2.05, 4.69) is 0 Å². The molecular weight excluding hydrogens is 624 g/mol. The number of hydrogen-bond acceptors (Lipinski definition) is 4. The van der Waals surface area contributed by atoms with Crippen molar-refractivity contribution in [2.24, 2.45) is 0 Å². The first-order valence-electron chi connectivity index (χ1n) is 14.6. The standard InChI is InChI=1S/C34H36N4O6.Cu/c1-15-21(7-9-31(41)42)27-14-28-22(8-10-32(43)44)16(2)24(36-28)12-29-34(20(6)40)18(4)26(38-29)13-30-33(19(5)39)17(3)25(37-30)11-23(15)35-27;/h11-14,19-20,39-40H,7-10H2,1-6H3,(H,41,42)(H,43,44);/q-4;/b23-11?,24-12-,25-11-,26-13?,27-14?,28-14-,29-12?,30-13-;. The number of hydrogen-bond donors (Lipinski definition) is 4. The van der Waals surface area contributed by atoms with Gasteiger partial charge in [-0.2, -0.15) is 0 Å². The molecule has 0 saturated carbocycles. The van der Waals surface area contributed by atoms with Crippen LogP contribution >= 0.6 is 0 Å². The zero-order valence-corrected chi connectivity index (χ0v) is 26.9. The topological polar surface area (TPSA) is 171 Å². The van der Waals surface area contributed by atoms with Gasteiger partial charge in [0.25, 0.3) is 0 Å². The smallest absolute Gasteiger partial charge is 0.303 e. The Kier molecular flexibility index (Phi) is 9.89. The van der Waals surface area contributed by atoms with Crippen LogP contribution in [-0.4, -0.2) is 32.4 Å². The minimum Gasteiger partial charge on any atom is -0.657 e. The number of nitrogens with zero attached hydrogens (tertiary/aromatic N) is 4. The quantitative estimate of drug-likeness (QED) is 0.172. The first kappa shape index (κ1) is 33.9. The van der Waals surface area contributed by atoms with Crippen LogP contribution in [-0.2, 0) is 39.5 Å². The third kappa shape index (κ3) is 6.53. The van der Waals surface area contributed by atoms with Crippen molar-refractivity contribution >= 4 is 36.2 Å². The second-order valence-electron chi connectivity index (χ2n) is 11.5. The second kappa shape index (κ2) is 13.1. The van der Waals surface area contributed by atoms with Gasteiger partial charge in [-0.15, -0.1) is 44.2 Å². The van der Waals surface area contributed by atoms with Crippen molar-refractivity contribution in [3.63, 3.8) is 0 Å². The summed E-state index contributed by atoms with van der Waals surface area (Å²) in [6.45, 7) is 10.9. The van der Waals surface area contributed by atoms with Gasteiger partial charge in [0.15, 0.2) is 0 Å². The van der Waals surface area contributed by atoms with Crippen molar-refractivity contribution in [2.45, 2.75) is 79.4 Å². The number of aromatic nitrogens is 4. The molecule has 10 nitrogen and oxygen atoms in total. The van der Waals surface area contributed by atoms with Crippen molar-refractivity contribution in [1.29, 1.82) is 0 Å². The normalized spacial score (nSPS) is 16.5. The molecular formula is C34H36CuN4O6-4. The van der Waals surface area contributed by atoms with Crippen LogP contribution in [0.1, 0.15) is 106 Å². The maximum atomic E-state index is 11.5. The minimum atomic E-state index is -0.931. The molecule has 0 fully saturated rings. The molecule has 45 heavy (non-hydrogen) atoms. The van der Waals surface area contributed by atoms with Crippen LogP contribution in [0.2, 0.25) is 0 Å². The molecule has 0 aliphatic carbocycles. The van der Waals surface area contributed by atoms with Crippen LogP contribution in [0, 0.1) is 27.7 Å². The molecule has 0 amide bonds. The van der Waals surface area contributed by atoms with Crippen LogP contribution in [0.5, 0.6) is 0 Å². The van der Waals surface area contributed by atoms with Gasteiger partial charge in [-0.25, -0.2) is 0 Å². The van der Waals surface area contributed by atoms with Crippen LogP contribution in [0.25, 0.3) is 24.3 Å². The minimum absolute atomic E-state index is 0. The monoisotopic (exact) mass is 659 g/mol. The largest absolute Gasteiger partial charge is 0.657 e. The van der Waals surface area contributed by atoms with Crippen molar-refractivity contribution in [3.05, 3.63) is 88.7 Å². The molecule has 2 unspecified atom stereocenters. The van der Waals surface area contributed by atoms with Crippen LogP contribution < -0.4 is 41.3 Å². The molecule has 1 aliphatic rings. The number of aliphatic carboxylic acids is 2. The summed E-state index contributed by atoms with van der Waals surface area (Å²) in [4.78, 5) is 42.6. The molecule has 4 N–H and O–H groups in total. The van der Waals surface area contributed by atoms with E-state index in [0.29, 0.717) is 55.3 Å². The zero-order valence-electron chi connectivity index (χ0n) is 26.0. The molecule has 5 rings (SSSR count). The summed E-state index contributed by atoms with van der Waals surface area (Å²) in [6, 6.07) is 0. The Hall–Kier alpha value is -4.02. The Balaban J connectivity index is 0.00000461. The van der Waals surface area contributed by atoms with E-state index in [4.69, 9.17) is 19.9 Å². The number of rotatable bonds is 8. The van der Waals surface area contributed by atoms with Gasteiger partial charge in [-0.1, -0.05) is 57.7 Å². The molecule has 2 atom stereocenters. The number of carbonyl (C=O) groups is 2. The van der Waals surface area contributed by atoms with Crippen molar-refractivity contribution in [1.82, 2.24) is 19.9 Å². The van der Waals surface area contributed by atoms with Gasteiger partial charge < -0.3 is 40.4 Å². The van der Waals surface area contributed by atoms with Gasteiger partial charge in [-0.05, 0) is 65.5 Å². The molecule has 0 spiro atoms. The van der Waals surface area contributed by atoms with Crippen LogP contribution in [0.4, 0.5) is 0 Å². The van der Waals surface area contributed by atoms with Crippen molar-refractivity contribution in [3.8, 4) is 0 Å². The van der Waals surface area contributed by atoms with E-state index >= 15 is 0 Å². The zero-order chi connectivity index (χ0) is 32.0. The van der Waals surface area contributed by atoms with Crippen molar-refractivity contribution < 1.29 is 47.1 Å². The van der Waals surface area contributed by atoms with Gasteiger partial charge in [0.2, 0.25) is 0 Å². The number of aliphatic hydroxyl groups excluding tert-OH is 2. The molecule has 11 heteroatoms. The third-order valence-corrected chi connectivity index (χ3v) is 8.49. The number of aliphatic hydroxyl groups is 2. The number of carboxylic acids is 2. The number of fused-ring (bicyclic) bond motifs is 8. The fourth-order valence-electron chi connectivity index (χ4n) is 6.15. The van der Waals surface area contributed by atoms with Crippen LogP contribution in [0.15, 0.2) is 0 Å². The van der Waals surface area contributed by atoms with E-state index in [0.717, 1.165) is 33.4 Å². The van der Waals surface area contributed by atoms with Crippen LogP contribution in [0.3, 0.4) is 0 Å². The average molecular weight is 660 g/mol. The summed E-state index contributed by atoms with van der Waals surface area (Å²) in [6.07, 6.45) is 5.93. The fourth-order valence-corrected chi connectivity index (χ4v) is 6.15. The molecule has 0 aromatic carbocycles. The van der Waals surface area contributed by atoms with E-state index in [1.807, 2.05) is 39.8 Å². The number of carboxylic acid groups (broad SMARTS) is 2. The summed E-state index contributed by atoms with van der Waals surface area (Å²) < 4.78 is 0. The second-order valence-corrected chi connectivity index (χ2v) is 11.5. The Morgan fingerprint density at radius 1 is 0.578 bits per heavy atom. The molecule has 4 aromatic rings. The molecule has 4 aromatic heterocycles. The SMILES string of the molecule is Cc1c2[n-]c(c1CCC(=O)O)/C=c1\[n-]/c(c(C)c1CCC(=O)O)=C\c1[n-]c(c(C)c1C(C)O)/C=c1\[n-]/c(c(C)c1C(C)O)=C\2.[Cu]. The first-order chi connectivity index (χ1) is 20.8. The maximum absolute atomic E-state index is 11.5. The summed E-state index contributed by atoms with van der Waals surface area (Å²) >= 11 is 0. The van der Waals surface area contributed by atoms with Gasteiger partial charge >= 0.3 is 11.9 Å². The van der Waals surface area contributed by atoms with Gasteiger partial charge in [0.1, 0.15) is 0 Å². The Bertz CT molecular complexity index is 2040. The summed E-state index contributed by atoms with van der Waals surface area (Å²) in [7, 11) is 0. The Morgan fingerprint density at radius 2 is 1.04 bits per heavy atom. The molecule has 0 saturated heterocycles. The Labute approximate surface area is 270 Å². The molecule has 1 radical (unpaired) electrons. The average Bonchev–Trinajstić information content (AvgIpc) is 3.59. The first-order valence-corrected chi connectivity index (χ1v) is 14.6. The molecule has 8 bridgehead atoms. The molecule has 1 aliphatic heterocycles. The predicted octanol–water partition coefficient (Wildman–Crippen LogP) is 0.516. The van der Waals surface area contributed by atoms with Crippen molar-refractivity contribution in [2.75, 3.05) is 0 Å². The van der Waals surface area contributed by atoms with Gasteiger partial charge in [0, 0.05) is 29.9 Å². The van der Waals surface area contributed by atoms with E-state index in [1.165, 1.54) is 0 Å². The fraction of sp³-hybridized carbons (Fsp3) is 0.353.